The Morgan fingerprint density at radius 1 is 1.43 bits per heavy atom. The number of hydrogen-bond donors (Lipinski definition) is 1. The van der Waals surface area contributed by atoms with Gasteiger partial charge in [0.05, 0.1) is 6.04 Å². The summed E-state index contributed by atoms with van der Waals surface area (Å²) in [4.78, 5) is 13.7. The summed E-state index contributed by atoms with van der Waals surface area (Å²) in [6.07, 6.45) is 3.53. The highest BCUT2D eigenvalue weighted by molar-refractivity contribution is 7.99. The van der Waals surface area contributed by atoms with Crippen LogP contribution >= 0.6 is 11.8 Å². The lowest BCUT2D eigenvalue weighted by Crippen LogP contribution is -2.47. The molecular formula is C10H20N2OS. The van der Waals surface area contributed by atoms with Gasteiger partial charge in [0.2, 0.25) is 5.91 Å². The van der Waals surface area contributed by atoms with Crippen molar-refractivity contribution >= 4 is 17.7 Å². The van der Waals surface area contributed by atoms with Crippen LogP contribution in [0.3, 0.4) is 0 Å². The second-order valence-electron chi connectivity index (χ2n) is 3.65. The van der Waals surface area contributed by atoms with E-state index < -0.39 is 0 Å². The summed E-state index contributed by atoms with van der Waals surface area (Å²) in [7, 11) is 0. The fourth-order valence-electron chi connectivity index (χ4n) is 1.66. The minimum Gasteiger partial charge on any atom is -0.341 e. The molecule has 2 N–H and O–H groups in total. The third-order valence-corrected chi connectivity index (χ3v) is 3.49. The molecule has 0 saturated carbocycles. The van der Waals surface area contributed by atoms with Crippen molar-refractivity contribution in [2.45, 2.75) is 32.2 Å². The Bertz CT molecular complexity index is 181. The average molecular weight is 216 g/mol. The van der Waals surface area contributed by atoms with E-state index in [0.717, 1.165) is 37.4 Å². The first-order valence-electron chi connectivity index (χ1n) is 5.37. The van der Waals surface area contributed by atoms with Crippen LogP contribution in [0.15, 0.2) is 0 Å². The maximum atomic E-state index is 11.8. The second-order valence-corrected chi connectivity index (χ2v) is 4.97. The molecule has 1 fully saturated rings. The van der Waals surface area contributed by atoms with Gasteiger partial charge in [0.1, 0.15) is 0 Å². The molecule has 1 saturated heterocycles. The Kier molecular flexibility index (Phi) is 5.33. The van der Waals surface area contributed by atoms with Gasteiger partial charge in [-0.2, -0.15) is 11.8 Å². The molecular weight excluding hydrogens is 196 g/mol. The van der Waals surface area contributed by atoms with E-state index in [9.17, 15) is 4.79 Å². The lowest BCUT2D eigenvalue weighted by atomic mass is 10.1. The van der Waals surface area contributed by atoms with Crippen molar-refractivity contribution in [3.63, 3.8) is 0 Å². The largest absolute Gasteiger partial charge is 0.341 e. The Labute approximate surface area is 90.4 Å². The van der Waals surface area contributed by atoms with E-state index in [2.05, 4.69) is 6.92 Å². The van der Waals surface area contributed by atoms with E-state index in [1.54, 1.807) is 11.8 Å². The van der Waals surface area contributed by atoms with E-state index in [4.69, 9.17) is 5.73 Å². The molecule has 0 aliphatic carbocycles. The fourth-order valence-corrected chi connectivity index (χ4v) is 2.30. The highest BCUT2D eigenvalue weighted by Gasteiger charge is 2.21. The van der Waals surface area contributed by atoms with Crippen LogP contribution in [0.2, 0.25) is 0 Å². The molecule has 0 aromatic rings. The highest BCUT2D eigenvalue weighted by atomic mass is 32.2. The van der Waals surface area contributed by atoms with Crippen molar-refractivity contribution in [2.24, 2.45) is 5.73 Å². The summed E-state index contributed by atoms with van der Waals surface area (Å²) in [5, 5.41) is 0. The molecule has 0 unspecified atom stereocenters. The number of nitrogens with zero attached hydrogens (tertiary/aromatic N) is 1. The van der Waals surface area contributed by atoms with Gasteiger partial charge in [0.15, 0.2) is 0 Å². The van der Waals surface area contributed by atoms with Crippen molar-refractivity contribution in [1.82, 2.24) is 4.90 Å². The van der Waals surface area contributed by atoms with Gasteiger partial charge in [-0.15, -0.1) is 0 Å². The van der Waals surface area contributed by atoms with Gasteiger partial charge in [-0.05, 0) is 25.0 Å². The van der Waals surface area contributed by atoms with Crippen LogP contribution in [-0.2, 0) is 4.79 Å². The van der Waals surface area contributed by atoms with Crippen molar-refractivity contribution in [3.8, 4) is 0 Å². The molecule has 1 rings (SSSR count). The highest BCUT2D eigenvalue weighted by Crippen LogP contribution is 2.11. The third kappa shape index (κ3) is 3.50. The lowest BCUT2D eigenvalue weighted by molar-refractivity contribution is -0.132. The molecule has 0 bridgehead atoms. The first kappa shape index (κ1) is 11.9. The average Bonchev–Trinajstić information content (AvgIpc) is 2.26. The Balaban J connectivity index is 2.30. The maximum absolute atomic E-state index is 11.8. The third-order valence-electron chi connectivity index (χ3n) is 2.49. The number of carbonyl (C=O) groups excluding carboxylic acids is 1. The number of rotatable bonds is 4. The summed E-state index contributed by atoms with van der Waals surface area (Å²) in [6, 6.07) is -0.293. The van der Waals surface area contributed by atoms with Gasteiger partial charge in [-0.25, -0.2) is 0 Å². The van der Waals surface area contributed by atoms with Crippen LogP contribution in [0.4, 0.5) is 0 Å². The maximum Gasteiger partial charge on any atom is 0.240 e. The molecule has 14 heavy (non-hydrogen) atoms. The normalized spacial score (nSPS) is 19.4. The van der Waals surface area contributed by atoms with Crippen molar-refractivity contribution in [2.75, 3.05) is 24.6 Å². The number of hydrogen-bond acceptors (Lipinski definition) is 3. The Hall–Kier alpha value is -0.220. The zero-order valence-corrected chi connectivity index (χ0v) is 9.68. The van der Waals surface area contributed by atoms with Crippen LogP contribution in [0, 0.1) is 0 Å². The molecule has 0 radical (unpaired) electrons. The van der Waals surface area contributed by atoms with Crippen LogP contribution in [-0.4, -0.2) is 41.4 Å². The molecule has 82 valence electrons. The van der Waals surface area contributed by atoms with E-state index >= 15 is 0 Å². The predicted octanol–water partition coefficient (Wildman–Crippen LogP) is 1.08. The predicted molar refractivity (Wildman–Crippen MR) is 61.4 cm³/mol. The molecule has 3 nitrogen and oxygen atoms in total. The summed E-state index contributed by atoms with van der Waals surface area (Å²) in [6.45, 7) is 3.90. The topological polar surface area (TPSA) is 46.3 Å². The van der Waals surface area contributed by atoms with Crippen molar-refractivity contribution in [1.29, 1.82) is 0 Å². The molecule has 0 aromatic heterocycles. The van der Waals surface area contributed by atoms with Crippen LogP contribution in [0.5, 0.6) is 0 Å². The quantitative estimate of drug-likeness (QED) is 0.765. The number of thioether (sulfide) groups is 1. The summed E-state index contributed by atoms with van der Waals surface area (Å²) in [5.74, 6) is 1.93. The first-order valence-corrected chi connectivity index (χ1v) is 6.53. The molecule has 4 heteroatoms. The zero-order chi connectivity index (χ0) is 10.4. The minimum atomic E-state index is -0.293. The minimum absolute atomic E-state index is 0.144. The summed E-state index contributed by atoms with van der Waals surface area (Å²) >= 11 is 1.74. The van der Waals surface area contributed by atoms with Gasteiger partial charge in [-0.1, -0.05) is 6.92 Å². The van der Waals surface area contributed by atoms with Crippen molar-refractivity contribution in [3.05, 3.63) is 0 Å². The smallest absolute Gasteiger partial charge is 0.240 e. The second kappa shape index (κ2) is 6.30. The SMILES string of the molecule is CCSC[C@H](N)C(=O)N1CCCCC1. The standard InChI is InChI=1S/C10H20N2OS/c1-2-14-8-9(11)10(13)12-6-4-3-5-7-12/h9H,2-8,11H2,1H3/t9-/m0/s1. The van der Waals surface area contributed by atoms with Crippen LogP contribution in [0.1, 0.15) is 26.2 Å². The Morgan fingerprint density at radius 3 is 2.64 bits per heavy atom. The molecule has 1 amide bonds. The molecule has 0 spiro atoms. The zero-order valence-electron chi connectivity index (χ0n) is 8.87. The summed E-state index contributed by atoms with van der Waals surface area (Å²) in [5.41, 5.74) is 5.82. The van der Waals surface area contributed by atoms with Gasteiger partial charge < -0.3 is 10.6 Å². The molecule has 1 aliphatic rings. The van der Waals surface area contributed by atoms with Gasteiger partial charge in [-0.3, -0.25) is 4.79 Å². The number of nitrogens with two attached hydrogens (primary N) is 1. The number of carbonyl (C=O) groups is 1. The lowest BCUT2D eigenvalue weighted by Gasteiger charge is -2.28. The summed E-state index contributed by atoms with van der Waals surface area (Å²) < 4.78 is 0. The molecule has 1 aliphatic heterocycles. The number of amides is 1. The molecule has 0 aromatic carbocycles. The fraction of sp³-hybridized carbons (Fsp3) is 0.900. The molecule has 1 atom stereocenters. The van der Waals surface area contributed by atoms with Gasteiger partial charge in [0.25, 0.3) is 0 Å². The van der Waals surface area contributed by atoms with E-state index in [1.807, 2.05) is 4.90 Å². The van der Waals surface area contributed by atoms with Gasteiger partial charge >= 0.3 is 0 Å². The van der Waals surface area contributed by atoms with E-state index in [-0.39, 0.29) is 11.9 Å². The van der Waals surface area contributed by atoms with E-state index in [1.165, 1.54) is 6.42 Å². The number of likely N-dealkylation sites (tertiary alicyclic amines) is 1. The van der Waals surface area contributed by atoms with Crippen LogP contribution < -0.4 is 5.73 Å². The van der Waals surface area contributed by atoms with E-state index in [0.29, 0.717) is 0 Å². The Morgan fingerprint density at radius 2 is 2.07 bits per heavy atom. The van der Waals surface area contributed by atoms with Crippen LogP contribution in [0.25, 0.3) is 0 Å². The number of piperidine rings is 1. The van der Waals surface area contributed by atoms with Gasteiger partial charge in [0, 0.05) is 18.8 Å². The monoisotopic (exact) mass is 216 g/mol. The first-order chi connectivity index (χ1) is 6.75. The van der Waals surface area contributed by atoms with Crippen molar-refractivity contribution < 1.29 is 4.79 Å². The molecule has 1 heterocycles.